The molecule has 48 heavy (non-hydrogen) atoms. The maximum Gasteiger partial charge on any atom is 0.0753 e. The molecule has 0 bridgehead atoms. The second kappa shape index (κ2) is 10.5. The van der Waals surface area contributed by atoms with E-state index >= 15 is 0 Å². The van der Waals surface area contributed by atoms with Crippen LogP contribution in [0.5, 0.6) is 0 Å². The summed E-state index contributed by atoms with van der Waals surface area (Å²) >= 11 is 0. The largest absolute Gasteiger partial charge is 0.247 e. The normalized spacial score (nSPS) is 14.6. The minimum atomic E-state index is -0.0456. The summed E-state index contributed by atoms with van der Waals surface area (Å²) in [5.74, 6) is 0. The number of hydrogen-bond donors (Lipinski definition) is 0. The SMILES string of the molecule is CC1(C)c2ccccc2-c2nc(-c3cccc(-c4cccc(-c5cccc(-c6ccc7c(n6)-c6ccccc6C7(C)C)c5)c4)c3)ccc21. The zero-order valence-electron chi connectivity index (χ0n) is 27.8. The Hall–Kier alpha value is -5.60. The van der Waals surface area contributed by atoms with Gasteiger partial charge in [-0.1, -0.05) is 143 Å². The Morgan fingerprint density at radius 1 is 0.333 bits per heavy atom. The molecule has 0 radical (unpaired) electrons. The molecule has 9 rings (SSSR count). The highest BCUT2D eigenvalue weighted by atomic mass is 14.7. The molecule has 0 N–H and O–H groups in total. The molecule has 0 saturated heterocycles. The molecule has 2 heterocycles. The van der Waals surface area contributed by atoms with Crippen LogP contribution in [-0.4, -0.2) is 9.97 Å². The van der Waals surface area contributed by atoms with Crippen molar-refractivity contribution in [3.63, 3.8) is 0 Å². The van der Waals surface area contributed by atoms with Crippen molar-refractivity contribution in [2.24, 2.45) is 0 Å². The zero-order valence-corrected chi connectivity index (χ0v) is 27.8. The summed E-state index contributed by atoms with van der Waals surface area (Å²) in [5.41, 5.74) is 18.8. The lowest BCUT2D eigenvalue weighted by Gasteiger charge is -2.20. The molecule has 2 aromatic heterocycles. The van der Waals surface area contributed by atoms with Crippen LogP contribution in [0.1, 0.15) is 49.9 Å². The van der Waals surface area contributed by atoms with Crippen molar-refractivity contribution < 1.29 is 0 Å². The van der Waals surface area contributed by atoms with Gasteiger partial charge in [-0.2, -0.15) is 0 Å². The molecule has 0 amide bonds. The molecule has 0 aliphatic heterocycles. The molecule has 0 spiro atoms. The van der Waals surface area contributed by atoms with Gasteiger partial charge in [0.1, 0.15) is 0 Å². The lowest BCUT2D eigenvalue weighted by atomic mass is 9.83. The fourth-order valence-electron chi connectivity index (χ4n) is 8.01. The first-order chi connectivity index (χ1) is 23.3. The monoisotopic (exact) mass is 616 g/mol. The highest BCUT2D eigenvalue weighted by Crippen LogP contribution is 2.49. The van der Waals surface area contributed by atoms with E-state index in [9.17, 15) is 0 Å². The molecule has 2 heteroatoms. The van der Waals surface area contributed by atoms with Crippen LogP contribution < -0.4 is 0 Å². The molecular weight excluding hydrogens is 581 g/mol. The van der Waals surface area contributed by atoms with Crippen LogP contribution in [-0.2, 0) is 10.8 Å². The van der Waals surface area contributed by atoms with E-state index in [0.717, 1.165) is 33.9 Å². The van der Waals surface area contributed by atoms with Crippen LogP contribution >= 0.6 is 0 Å². The van der Waals surface area contributed by atoms with Gasteiger partial charge in [0, 0.05) is 33.1 Å². The first-order valence-electron chi connectivity index (χ1n) is 16.8. The van der Waals surface area contributed by atoms with E-state index in [0.29, 0.717) is 0 Å². The number of aromatic nitrogens is 2. The first kappa shape index (κ1) is 28.6. The summed E-state index contributed by atoms with van der Waals surface area (Å²) in [6.45, 7) is 9.18. The predicted octanol–water partition coefficient (Wildman–Crippen LogP) is 11.8. The lowest BCUT2D eigenvalue weighted by Crippen LogP contribution is -2.14. The van der Waals surface area contributed by atoms with Gasteiger partial charge < -0.3 is 0 Å². The summed E-state index contributed by atoms with van der Waals surface area (Å²) < 4.78 is 0. The average Bonchev–Trinajstić information content (AvgIpc) is 3.51. The number of nitrogens with zero attached hydrogens (tertiary/aromatic N) is 2. The Kier molecular flexibility index (Phi) is 6.23. The van der Waals surface area contributed by atoms with Gasteiger partial charge in [0.2, 0.25) is 0 Å². The fraction of sp³-hybridized carbons (Fsp3) is 0.130. The minimum absolute atomic E-state index is 0.0456. The predicted molar refractivity (Wildman–Crippen MR) is 199 cm³/mol. The molecule has 5 aromatic carbocycles. The molecule has 0 fully saturated rings. The van der Waals surface area contributed by atoms with Crippen molar-refractivity contribution in [2.45, 2.75) is 38.5 Å². The van der Waals surface area contributed by atoms with Gasteiger partial charge in [0.25, 0.3) is 0 Å². The van der Waals surface area contributed by atoms with Gasteiger partial charge in [0.05, 0.1) is 22.8 Å². The Balaban J connectivity index is 1.05. The smallest absolute Gasteiger partial charge is 0.0753 e. The van der Waals surface area contributed by atoms with E-state index in [-0.39, 0.29) is 10.8 Å². The highest BCUT2D eigenvalue weighted by molar-refractivity contribution is 5.83. The molecule has 0 atom stereocenters. The van der Waals surface area contributed by atoms with Crippen molar-refractivity contribution >= 4 is 0 Å². The average molecular weight is 617 g/mol. The molecule has 2 nitrogen and oxygen atoms in total. The van der Waals surface area contributed by atoms with Crippen molar-refractivity contribution in [1.82, 2.24) is 9.97 Å². The topological polar surface area (TPSA) is 25.8 Å². The van der Waals surface area contributed by atoms with E-state index in [1.165, 1.54) is 55.6 Å². The standard InChI is InChI=1S/C46H36N2/c1-45(2)37-20-7-5-18-35(37)43-39(45)22-24-41(47-43)33-16-10-14-31(27-33)29-12-9-13-30(26-29)32-15-11-17-34(28-32)42-25-23-40-44(48-42)36-19-6-8-21-38(36)46(40,3)4/h5-28H,1-4H3. The van der Waals surface area contributed by atoms with Gasteiger partial charge in [-0.3, -0.25) is 0 Å². The second-order valence-corrected chi connectivity index (χ2v) is 14.3. The van der Waals surface area contributed by atoms with E-state index in [2.05, 4.69) is 173 Å². The molecule has 0 saturated carbocycles. The quantitative estimate of drug-likeness (QED) is 0.197. The van der Waals surface area contributed by atoms with E-state index < -0.39 is 0 Å². The second-order valence-electron chi connectivity index (χ2n) is 14.3. The van der Waals surface area contributed by atoms with Crippen LogP contribution in [0, 0.1) is 0 Å². The fourth-order valence-corrected chi connectivity index (χ4v) is 8.01. The zero-order chi connectivity index (χ0) is 32.6. The van der Waals surface area contributed by atoms with Crippen LogP contribution in [0.25, 0.3) is 67.3 Å². The Morgan fingerprint density at radius 2 is 0.688 bits per heavy atom. The molecule has 2 aliphatic rings. The molecular formula is C46H36N2. The number of rotatable bonds is 4. The maximum atomic E-state index is 5.23. The van der Waals surface area contributed by atoms with E-state index in [1.54, 1.807) is 0 Å². The van der Waals surface area contributed by atoms with Crippen LogP contribution in [0.3, 0.4) is 0 Å². The van der Waals surface area contributed by atoms with Gasteiger partial charge in [-0.15, -0.1) is 0 Å². The van der Waals surface area contributed by atoms with Gasteiger partial charge in [-0.05, 0) is 74.8 Å². The van der Waals surface area contributed by atoms with Crippen LogP contribution in [0.15, 0.2) is 146 Å². The lowest BCUT2D eigenvalue weighted by molar-refractivity contribution is 0.659. The van der Waals surface area contributed by atoms with Crippen molar-refractivity contribution in [3.05, 3.63) is 168 Å². The van der Waals surface area contributed by atoms with Gasteiger partial charge in [-0.25, -0.2) is 9.97 Å². The van der Waals surface area contributed by atoms with E-state index in [4.69, 9.17) is 9.97 Å². The Bertz CT molecular complexity index is 2250. The molecule has 230 valence electrons. The number of benzene rings is 5. The van der Waals surface area contributed by atoms with Crippen LogP contribution in [0.2, 0.25) is 0 Å². The van der Waals surface area contributed by atoms with Crippen molar-refractivity contribution in [2.75, 3.05) is 0 Å². The maximum absolute atomic E-state index is 5.23. The third-order valence-corrected chi connectivity index (χ3v) is 10.7. The number of fused-ring (bicyclic) bond motifs is 6. The Morgan fingerprint density at radius 3 is 1.10 bits per heavy atom. The van der Waals surface area contributed by atoms with E-state index in [1.807, 2.05) is 0 Å². The first-order valence-corrected chi connectivity index (χ1v) is 16.8. The van der Waals surface area contributed by atoms with Crippen LogP contribution in [0.4, 0.5) is 0 Å². The molecule has 7 aromatic rings. The van der Waals surface area contributed by atoms with Crippen molar-refractivity contribution in [1.29, 1.82) is 0 Å². The summed E-state index contributed by atoms with van der Waals surface area (Å²) in [6.07, 6.45) is 0. The summed E-state index contributed by atoms with van der Waals surface area (Å²) in [4.78, 5) is 10.5. The minimum Gasteiger partial charge on any atom is -0.247 e. The van der Waals surface area contributed by atoms with Gasteiger partial charge in [0.15, 0.2) is 0 Å². The van der Waals surface area contributed by atoms with Gasteiger partial charge >= 0.3 is 0 Å². The molecule has 0 unspecified atom stereocenters. The molecule has 2 aliphatic carbocycles. The third kappa shape index (κ3) is 4.33. The summed E-state index contributed by atoms with van der Waals surface area (Å²) in [6, 6.07) is 52.7. The summed E-state index contributed by atoms with van der Waals surface area (Å²) in [7, 11) is 0. The van der Waals surface area contributed by atoms with Crippen molar-refractivity contribution in [3.8, 4) is 67.3 Å². The summed E-state index contributed by atoms with van der Waals surface area (Å²) in [5, 5.41) is 0. The highest BCUT2D eigenvalue weighted by Gasteiger charge is 2.37. The Labute approximate surface area is 282 Å². The third-order valence-electron chi connectivity index (χ3n) is 10.7. The number of pyridine rings is 2. The number of hydrogen-bond acceptors (Lipinski definition) is 2.